The smallest absolute Gasteiger partial charge is 0.416 e. The van der Waals surface area contributed by atoms with Crippen LogP contribution in [0.3, 0.4) is 0 Å². The first-order valence-corrected chi connectivity index (χ1v) is 8.51. The molecule has 0 spiro atoms. The summed E-state index contributed by atoms with van der Waals surface area (Å²) in [5.41, 5.74) is 0.150. The third-order valence-electron chi connectivity index (χ3n) is 3.91. The summed E-state index contributed by atoms with van der Waals surface area (Å²) in [4.78, 5) is 8.42. The van der Waals surface area contributed by atoms with Gasteiger partial charge in [-0.2, -0.15) is 13.2 Å². The molecule has 148 valence electrons. The number of halogens is 3. The van der Waals surface area contributed by atoms with Gasteiger partial charge in [0, 0.05) is 13.6 Å². The molecule has 0 fully saturated rings. The van der Waals surface area contributed by atoms with Crippen molar-refractivity contribution in [3.63, 3.8) is 0 Å². The number of aromatic nitrogens is 3. The summed E-state index contributed by atoms with van der Waals surface area (Å²) in [6.45, 7) is 0.882. The van der Waals surface area contributed by atoms with Gasteiger partial charge in [-0.15, -0.1) is 5.10 Å². The fraction of sp³-hybridized carbons (Fsp3) is 0.278. The summed E-state index contributed by atoms with van der Waals surface area (Å²) in [7, 11) is 1.63. The summed E-state index contributed by atoms with van der Waals surface area (Å²) in [6.07, 6.45) is -2.21. The van der Waals surface area contributed by atoms with E-state index in [0.29, 0.717) is 42.9 Å². The molecular formula is C18H19F3N6O. The van der Waals surface area contributed by atoms with Crippen molar-refractivity contribution >= 4 is 5.96 Å². The highest BCUT2D eigenvalue weighted by atomic mass is 19.4. The van der Waals surface area contributed by atoms with Crippen LogP contribution in [0, 0.1) is 0 Å². The van der Waals surface area contributed by atoms with Crippen LogP contribution >= 0.6 is 0 Å². The van der Waals surface area contributed by atoms with Crippen LogP contribution in [-0.2, 0) is 19.1 Å². The van der Waals surface area contributed by atoms with E-state index in [1.807, 2.05) is 0 Å². The van der Waals surface area contributed by atoms with Gasteiger partial charge >= 0.3 is 6.18 Å². The molecular weight excluding hydrogens is 373 g/mol. The lowest BCUT2D eigenvalue weighted by molar-refractivity contribution is -0.137. The van der Waals surface area contributed by atoms with Gasteiger partial charge in [0.15, 0.2) is 11.7 Å². The van der Waals surface area contributed by atoms with Crippen molar-refractivity contribution in [1.29, 1.82) is 0 Å². The molecule has 0 radical (unpaired) electrons. The third-order valence-corrected chi connectivity index (χ3v) is 3.91. The van der Waals surface area contributed by atoms with Crippen LogP contribution in [0.15, 0.2) is 52.1 Å². The number of benzene rings is 1. The van der Waals surface area contributed by atoms with E-state index in [1.54, 1.807) is 25.4 Å². The number of hydrogen-bond acceptors (Lipinski definition) is 4. The van der Waals surface area contributed by atoms with Crippen molar-refractivity contribution < 1.29 is 17.6 Å². The highest BCUT2D eigenvalue weighted by Gasteiger charge is 2.29. The Hall–Kier alpha value is -3.30. The minimum Gasteiger partial charge on any atom is -0.461 e. The molecule has 10 heteroatoms. The Balaban J connectivity index is 1.45. The average molecular weight is 392 g/mol. The van der Waals surface area contributed by atoms with Gasteiger partial charge in [-0.05, 0) is 36.2 Å². The van der Waals surface area contributed by atoms with Crippen LogP contribution in [0.1, 0.15) is 17.0 Å². The maximum atomic E-state index is 12.6. The predicted molar refractivity (Wildman–Crippen MR) is 97.4 cm³/mol. The number of H-pyrrole nitrogens is 1. The molecule has 0 saturated carbocycles. The largest absolute Gasteiger partial charge is 0.461 e. The first-order chi connectivity index (χ1) is 13.5. The second kappa shape index (κ2) is 8.59. The van der Waals surface area contributed by atoms with Crippen molar-refractivity contribution in [3.05, 3.63) is 59.6 Å². The Kier molecular flexibility index (Phi) is 5.97. The second-order valence-electron chi connectivity index (χ2n) is 5.88. The topological polar surface area (TPSA) is 91.1 Å². The number of aromatic amines is 1. The van der Waals surface area contributed by atoms with Gasteiger partial charge in [-0.1, -0.05) is 12.1 Å². The molecule has 0 amide bonds. The molecule has 2 aromatic heterocycles. The minimum atomic E-state index is -4.32. The molecule has 3 rings (SSSR count). The van der Waals surface area contributed by atoms with E-state index in [4.69, 9.17) is 4.42 Å². The predicted octanol–water partition coefficient (Wildman–Crippen LogP) is 2.99. The van der Waals surface area contributed by atoms with Crippen molar-refractivity contribution in [2.75, 3.05) is 13.6 Å². The summed E-state index contributed by atoms with van der Waals surface area (Å²) in [5, 5.41) is 13.1. The zero-order chi connectivity index (χ0) is 20.0. The Morgan fingerprint density at radius 2 is 1.96 bits per heavy atom. The summed E-state index contributed by atoms with van der Waals surface area (Å²) in [5.74, 6) is 2.19. The molecule has 28 heavy (non-hydrogen) atoms. The molecule has 0 atom stereocenters. The van der Waals surface area contributed by atoms with Gasteiger partial charge in [0.2, 0.25) is 5.82 Å². The van der Waals surface area contributed by atoms with E-state index in [2.05, 4.69) is 30.8 Å². The van der Waals surface area contributed by atoms with Crippen molar-refractivity contribution in [2.45, 2.75) is 19.1 Å². The molecule has 0 aliphatic rings. The molecule has 2 heterocycles. The van der Waals surface area contributed by atoms with Crippen molar-refractivity contribution in [2.24, 2.45) is 4.99 Å². The fourth-order valence-corrected chi connectivity index (χ4v) is 2.46. The first kappa shape index (κ1) is 19.5. The number of rotatable bonds is 6. The zero-order valence-electron chi connectivity index (χ0n) is 15.0. The highest BCUT2D eigenvalue weighted by molar-refractivity contribution is 5.79. The van der Waals surface area contributed by atoms with E-state index < -0.39 is 11.7 Å². The van der Waals surface area contributed by atoms with Gasteiger partial charge in [0.05, 0.1) is 18.4 Å². The van der Waals surface area contributed by atoms with E-state index >= 15 is 0 Å². The van der Waals surface area contributed by atoms with Gasteiger partial charge in [-0.3, -0.25) is 10.1 Å². The lowest BCUT2D eigenvalue weighted by atomic mass is 10.1. The molecule has 3 aromatic rings. The van der Waals surface area contributed by atoms with Crippen molar-refractivity contribution in [1.82, 2.24) is 25.8 Å². The Morgan fingerprint density at radius 3 is 2.61 bits per heavy atom. The Bertz CT molecular complexity index is 900. The first-order valence-electron chi connectivity index (χ1n) is 8.51. The van der Waals surface area contributed by atoms with Crippen LogP contribution in [-0.4, -0.2) is 34.7 Å². The number of furan rings is 1. The minimum absolute atomic E-state index is 0.369. The molecule has 0 aliphatic heterocycles. The molecule has 3 N–H and O–H groups in total. The lowest BCUT2D eigenvalue weighted by Gasteiger charge is -2.11. The van der Waals surface area contributed by atoms with E-state index in [0.717, 1.165) is 17.7 Å². The Morgan fingerprint density at radius 1 is 1.18 bits per heavy atom. The maximum absolute atomic E-state index is 12.6. The SMILES string of the molecule is CN=C(NCCc1ccc(C(F)(F)F)cc1)NCc1nc(-c2ccco2)n[nH]1. The molecule has 7 nitrogen and oxygen atoms in total. The normalized spacial score (nSPS) is 12.2. The average Bonchev–Trinajstić information content (AvgIpc) is 3.35. The van der Waals surface area contributed by atoms with E-state index in [-0.39, 0.29) is 0 Å². The van der Waals surface area contributed by atoms with Crippen LogP contribution in [0.25, 0.3) is 11.6 Å². The quantitative estimate of drug-likeness (QED) is 0.443. The number of nitrogens with one attached hydrogen (secondary N) is 3. The third kappa shape index (κ3) is 5.12. The van der Waals surface area contributed by atoms with Crippen molar-refractivity contribution in [3.8, 4) is 11.6 Å². The number of aliphatic imine (C=N–C) groups is 1. The molecule has 1 aromatic carbocycles. The van der Waals surface area contributed by atoms with Crippen LogP contribution in [0.4, 0.5) is 13.2 Å². The molecule has 0 bridgehead atoms. The number of nitrogens with zero attached hydrogens (tertiary/aromatic N) is 3. The fourth-order valence-electron chi connectivity index (χ4n) is 2.46. The summed E-state index contributed by atoms with van der Waals surface area (Å²) >= 11 is 0. The monoisotopic (exact) mass is 392 g/mol. The van der Waals surface area contributed by atoms with Crippen LogP contribution in [0.5, 0.6) is 0 Å². The highest BCUT2D eigenvalue weighted by Crippen LogP contribution is 2.29. The van der Waals surface area contributed by atoms with Gasteiger partial charge in [-0.25, -0.2) is 4.98 Å². The Labute approximate surface area is 159 Å². The number of guanidine groups is 1. The van der Waals surface area contributed by atoms with E-state index in [9.17, 15) is 13.2 Å². The van der Waals surface area contributed by atoms with Gasteiger partial charge in [0.25, 0.3) is 0 Å². The summed E-state index contributed by atoms with van der Waals surface area (Å²) in [6, 6.07) is 8.65. The molecule has 0 aliphatic carbocycles. The lowest BCUT2D eigenvalue weighted by Crippen LogP contribution is -2.38. The molecule has 0 saturated heterocycles. The maximum Gasteiger partial charge on any atom is 0.416 e. The number of hydrogen-bond donors (Lipinski definition) is 3. The van der Waals surface area contributed by atoms with Crippen LogP contribution < -0.4 is 10.6 Å². The number of alkyl halides is 3. The van der Waals surface area contributed by atoms with Gasteiger partial charge < -0.3 is 15.1 Å². The van der Waals surface area contributed by atoms with E-state index in [1.165, 1.54) is 12.1 Å². The summed E-state index contributed by atoms with van der Waals surface area (Å²) < 4.78 is 43.0. The standard InChI is InChI=1S/C18H19F3N6O/c1-22-17(23-9-8-12-4-6-13(7-5-12)18(19,20)21)24-11-15-25-16(27-26-15)14-3-2-10-28-14/h2-7,10H,8-9,11H2,1H3,(H2,22,23,24)(H,25,26,27). The molecule has 0 unspecified atom stereocenters. The van der Waals surface area contributed by atoms with Crippen LogP contribution in [0.2, 0.25) is 0 Å². The second-order valence-corrected chi connectivity index (χ2v) is 5.88. The van der Waals surface area contributed by atoms with Gasteiger partial charge in [0.1, 0.15) is 5.82 Å². The zero-order valence-corrected chi connectivity index (χ0v) is 15.0.